The number of benzene rings is 2. The molecule has 136 valence electrons. The molecule has 0 amide bonds. The summed E-state index contributed by atoms with van der Waals surface area (Å²) < 4.78 is 29.9. The van der Waals surface area contributed by atoms with E-state index in [0.717, 1.165) is 28.9 Å². The van der Waals surface area contributed by atoms with Gasteiger partial charge in [0.25, 0.3) is 10.0 Å². The summed E-state index contributed by atoms with van der Waals surface area (Å²) in [6.07, 6.45) is 4.72. The Labute approximate surface area is 158 Å². The highest BCUT2D eigenvalue weighted by molar-refractivity contribution is 7.92. The number of nitrogens with zero attached hydrogens (tertiary/aromatic N) is 2. The topological polar surface area (TPSA) is 63.5 Å². The number of anilines is 1. The van der Waals surface area contributed by atoms with Crippen LogP contribution in [-0.4, -0.2) is 17.8 Å². The maximum atomic E-state index is 12.7. The molecule has 4 rings (SSSR count). The van der Waals surface area contributed by atoms with E-state index in [0.29, 0.717) is 5.69 Å². The Morgan fingerprint density at radius 2 is 1.81 bits per heavy atom. The summed E-state index contributed by atoms with van der Waals surface area (Å²) in [7, 11) is -3.64. The smallest absolute Gasteiger partial charge is 0.261 e. The third-order valence-corrected chi connectivity index (χ3v) is 5.81. The number of fused-ring (bicyclic) bond motifs is 1. The monoisotopic (exact) mass is 377 g/mol. The highest BCUT2D eigenvalue weighted by Crippen LogP contribution is 2.24. The summed E-state index contributed by atoms with van der Waals surface area (Å²) in [6, 6.07) is 20.0. The zero-order valence-corrected chi connectivity index (χ0v) is 15.6. The number of imidazole rings is 1. The van der Waals surface area contributed by atoms with Crippen molar-refractivity contribution in [3.05, 3.63) is 84.7 Å². The molecule has 0 radical (unpaired) electrons. The molecule has 0 bridgehead atoms. The number of aromatic nitrogens is 2. The average Bonchev–Trinajstić information content (AvgIpc) is 3.12. The van der Waals surface area contributed by atoms with Gasteiger partial charge in [-0.1, -0.05) is 37.3 Å². The van der Waals surface area contributed by atoms with Gasteiger partial charge < -0.3 is 4.40 Å². The van der Waals surface area contributed by atoms with E-state index in [1.807, 2.05) is 66.2 Å². The van der Waals surface area contributed by atoms with Crippen molar-refractivity contribution < 1.29 is 8.42 Å². The van der Waals surface area contributed by atoms with Crippen molar-refractivity contribution in [3.8, 4) is 11.3 Å². The molecule has 1 N–H and O–H groups in total. The Balaban J connectivity index is 1.63. The fourth-order valence-corrected chi connectivity index (χ4v) is 3.98. The first-order valence-corrected chi connectivity index (χ1v) is 10.2. The maximum absolute atomic E-state index is 12.7. The zero-order valence-electron chi connectivity index (χ0n) is 14.8. The van der Waals surface area contributed by atoms with Crippen LogP contribution < -0.4 is 4.72 Å². The molecular weight excluding hydrogens is 358 g/mol. The van der Waals surface area contributed by atoms with Crippen molar-refractivity contribution in [2.45, 2.75) is 18.2 Å². The van der Waals surface area contributed by atoms with Crippen LogP contribution >= 0.6 is 0 Å². The minimum Gasteiger partial charge on any atom is -0.306 e. The van der Waals surface area contributed by atoms with E-state index in [1.165, 1.54) is 0 Å². The lowest BCUT2D eigenvalue weighted by atomic mass is 10.1. The minimum absolute atomic E-state index is 0.248. The molecule has 0 aliphatic rings. The first-order chi connectivity index (χ1) is 13.0. The van der Waals surface area contributed by atoms with Crippen molar-refractivity contribution in [1.82, 2.24) is 9.38 Å². The van der Waals surface area contributed by atoms with Gasteiger partial charge >= 0.3 is 0 Å². The van der Waals surface area contributed by atoms with Gasteiger partial charge in [0.2, 0.25) is 0 Å². The van der Waals surface area contributed by atoms with Crippen molar-refractivity contribution >= 4 is 21.4 Å². The second-order valence-corrected chi connectivity index (χ2v) is 7.96. The fourth-order valence-electron chi connectivity index (χ4n) is 2.93. The second-order valence-electron chi connectivity index (χ2n) is 6.28. The SMILES string of the molecule is CCc1ccc(S(=O)(=O)Nc2cccc(-c3cn4ccccc4n3)c2)cc1. The van der Waals surface area contributed by atoms with Crippen molar-refractivity contribution in [1.29, 1.82) is 0 Å². The van der Waals surface area contributed by atoms with E-state index in [4.69, 9.17) is 0 Å². The summed E-state index contributed by atoms with van der Waals surface area (Å²) in [5.74, 6) is 0. The van der Waals surface area contributed by atoms with E-state index < -0.39 is 10.0 Å². The lowest BCUT2D eigenvalue weighted by molar-refractivity contribution is 0.601. The summed E-state index contributed by atoms with van der Waals surface area (Å²) >= 11 is 0. The van der Waals surface area contributed by atoms with E-state index in [9.17, 15) is 8.42 Å². The Morgan fingerprint density at radius 1 is 1.00 bits per heavy atom. The van der Waals surface area contributed by atoms with E-state index in [2.05, 4.69) is 9.71 Å². The molecule has 0 aliphatic heterocycles. The average molecular weight is 377 g/mol. The van der Waals surface area contributed by atoms with Gasteiger partial charge in [0.15, 0.2) is 0 Å². The highest BCUT2D eigenvalue weighted by atomic mass is 32.2. The Morgan fingerprint density at radius 3 is 2.56 bits per heavy atom. The quantitative estimate of drug-likeness (QED) is 0.562. The number of pyridine rings is 1. The van der Waals surface area contributed by atoms with Crippen LogP contribution in [0.15, 0.2) is 84.0 Å². The van der Waals surface area contributed by atoms with E-state index >= 15 is 0 Å². The minimum atomic E-state index is -3.64. The molecule has 2 aromatic heterocycles. The molecule has 6 heteroatoms. The molecule has 0 aliphatic carbocycles. The number of aryl methyl sites for hydroxylation is 1. The van der Waals surface area contributed by atoms with Crippen LogP contribution in [0.3, 0.4) is 0 Å². The lowest BCUT2D eigenvalue weighted by Crippen LogP contribution is -2.12. The fraction of sp³-hybridized carbons (Fsp3) is 0.0952. The van der Waals surface area contributed by atoms with Gasteiger partial charge in [-0.15, -0.1) is 0 Å². The molecule has 0 saturated heterocycles. The largest absolute Gasteiger partial charge is 0.306 e. The molecule has 2 aromatic carbocycles. The van der Waals surface area contributed by atoms with Gasteiger partial charge in [-0.05, 0) is 48.4 Å². The van der Waals surface area contributed by atoms with Gasteiger partial charge in [0.05, 0.1) is 10.6 Å². The molecule has 0 atom stereocenters. The Kier molecular flexibility index (Phi) is 4.41. The number of rotatable bonds is 5. The summed E-state index contributed by atoms with van der Waals surface area (Å²) in [6.45, 7) is 2.03. The third-order valence-electron chi connectivity index (χ3n) is 4.42. The molecule has 0 unspecified atom stereocenters. The molecular formula is C21H19N3O2S. The summed E-state index contributed by atoms with van der Waals surface area (Å²) in [5, 5.41) is 0. The summed E-state index contributed by atoms with van der Waals surface area (Å²) in [5.41, 5.74) is 4.08. The standard InChI is InChI=1S/C21H19N3O2S/c1-2-16-9-11-19(12-10-16)27(25,26)23-18-7-5-6-17(14-18)20-15-24-13-4-3-8-21(24)22-20/h3-15,23H,2H2,1H3. The molecule has 5 nitrogen and oxygen atoms in total. The van der Waals surface area contributed by atoms with Gasteiger partial charge in [-0.2, -0.15) is 0 Å². The van der Waals surface area contributed by atoms with Crippen LogP contribution in [-0.2, 0) is 16.4 Å². The van der Waals surface area contributed by atoms with Crippen molar-refractivity contribution in [2.24, 2.45) is 0 Å². The molecule has 0 fully saturated rings. The maximum Gasteiger partial charge on any atom is 0.261 e. The molecule has 2 heterocycles. The molecule has 27 heavy (non-hydrogen) atoms. The predicted octanol–water partition coefficient (Wildman–Crippen LogP) is 4.36. The predicted molar refractivity (Wildman–Crippen MR) is 107 cm³/mol. The molecule has 0 saturated carbocycles. The van der Waals surface area contributed by atoms with Crippen molar-refractivity contribution in [2.75, 3.05) is 4.72 Å². The van der Waals surface area contributed by atoms with Gasteiger partial charge in [-0.25, -0.2) is 13.4 Å². The zero-order chi connectivity index (χ0) is 18.9. The van der Waals surface area contributed by atoms with Gasteiger partial charge in [0.1, 0.15) is 5.65 Å². The number of nitrogens with one attached hydrogen (secondary N) is 1. The summed E-state index contributed by atoms with van der Waals surface area (Å²) in [4.78, 5) is 4.83. The molecule has 4 aromatic rings. The van der Waals surface area contributed by atoms with E-state index in [-0.39, 0.29) is 4.90 Å². The Hall–Kier alpha value is -3.12. The van der Waals surface area contributed by atoms with Crippen LogP contribution in [0, 0.1) is 0 Å². The van der Waals surface area contributed by atoms with Crippen LogP contribution in [0.5, 0.6) is 0 Å². The molecule has 0 spiro atoms. The first-order valence-electron chi connectivity index (χ1n) is 8.71. The lowest BCUT2D eigenvalue weighted by Gasteiger charge is -2.09. The number of hydrogen-bond acceptors (Lipinski definition) is 3. The number of sulfonamides is 1. The second kappa shape index (κ2) is 6.89. The Bertz CT molecular complexity index is 1160. The van der Waals surface area contributed by atoms with Crippen LogP contribution in [0.4, 0.5) is 5.69 Å². The highest BCUT2D eigenvalue weighted by Gasteiger charge is 2.14. The number of hydrogen-bond donors (Lipinski definition) is 1. The van der Waals surface area contributed by atoms with Gasteiger partial charge in [0, 0.05) is 23.6 Å². The third kappa shape index (κ3) is 3.57. The normalized spacial score (nSPS) is 11.6. The van der Waals surface area contributed by atoms with E-state index in [1.54, 1.807) is 24.3 Å². The van der Waals surface area contributed by atoms with Crippen molar-refractivity contribution in [3.63, 3.8) is 0 Å². The first kappa shape index (κ1) is 17.3. The van der Waals surface area contributed by atoms with Crippen LogP contribution in [0.25, 0.3) is 16.9 Å². The van der Waals surface area contributed by atoms with Gasteiger partial charge in [-0.3, -0.25) is 4.72 Å². The van der Waals surface area contributed by atoms with Crippen LogP contribution in [0.1, 0.15) is 12.5 Å². The van der Waals surface area contributed by atoms with Crippen LogP contribution in [0.2, 0.25) is 0 Å².